The zero-order valence-electron chi connectivity index (χ0n) is 8.95. The van der Waals surface area contributed by atoms with Crippen LogP contribution in [0.4, 0.5) is 0 Å². The second-order valence-electron chi connectivity index (χ2n) is 4.90. The summed E-state index contributed by atoms with van der Waals surface area (Å²) in [6.07, 6.45) is 5.08. The zero-order chi connectivity index (χ0) is 10.3. The third-order valence-corrected chi connectivity index (χ3v) is 4.95. The Morgan fingerprint density at radius 3 is 2.60 bits per heavy atom. The SMILES string of the molecule is O=C([C@H]1NC2CCC1CC2)N1CCSC1. The predicted molar refractivity (Wildman–Crippen MR) is 61.7 cm³/mol. The Bertz CT molecular complexity index is 257. The van der Waals surface area contributed by atoms with Crippen molar-refractivity contribution in [2.75, 3.05) is 18.2 Å². The lowest BCUT2D eigenvalue weighted by Crippen LogP contribution is -2.59. The number of thioether (sulfide) groups is 1. The number of hydrogen-bond donors (Lipinski definition) is 1. The van der Waals surface area contributed by atoms with Gasteiger partial charge in [0.15, 0.2) is 0 Å². The van der Waals surface area contributed by atoms with Crippen molar-refractivity contribution in [1.82, 2.24) is 10.2 Å². The van der Waals surface area contributed by atoms with Crippen molar-refractivity contribution in [2.45, 2.75) is 37.8 Å². The van der Waals surface area contributed by atoms with Gasteiger partial charge in [-0.1, -0.05) is 0 Å². The Hall–Kier alpha value is -0.220. The van der Waals surface area contributed by atoms with Gasteiger partial charge in [0.1, 0.15) is 0 Å². The number of nitrogens with one attached hydrogen (secondary N) is 1. The molecule has 1 aliphatic carbocycles. The van der Waals surface area contributed by atoms with E-state index in [2.05, 4.69) is 5.32 Å². The third kappa shape index (κ3) is 1.78. The van der Waals surface area contributed by atoms with E-state index in [0.29, 0.717) is 17.9 Å². The molecule has 1 N–H and O–H groups in total. The van der Waals surface area contributed by atoms with Crippen LogP contribution in [-0.4, -0.2) is 41.1 Å². The smallest absolute Gasteiger partial charge is 0.240 e. The molecule has 4 aliphatic rings. The highest BCUT2D eigenvalue weighted by Crippen LogP contribution is 2.34. The van der Waals surface area contributed by atoms with E-state index in [0.717, 1.165) is 18.2 Å². The van der Waals surface area contributed by atoms with E-state index in [4.69, 9.17) is 0 Å². The van der Waals surface area contributed by atoms with Crippen LogP contribution in [0.2, 0.25) is 0 Å². The van der Waals surface area contributed by atoms with Crippen molar-refractivity contribution in [3.05, 3.63) is 0 Å². The van der Waals surface area contributed by atoms with Crippen molar-refractivity contribution in [1.29, 1.82) is 0 Å². The zero-order valence-corrected chi connectivity index (χ0v) is 9.76. The van der Waals surface area contributed by atoms with Gasteiger partial charge in [0, 0.05) is 18.3 Å². The lowest BCUT2D eigenvalue weighted by atomic mass is 9.76. The van der Waals surface area contributed by atoms with Crippen LogP contribution in [-0.2, 0) is 4.79 Å². The molecule has 3 saturated heterocycles. The number of rotatable bonds is 1. The molecule has 3 nitrogen and oxygen atoms in total. The fourth-order valence-corrected chi connectivity index (χ4v) is 4.02. The molecule has 3 aliphatic heterocycles. The Morgan fingerprint density at radius 2 is 2.07 bits per heavy atom. The molecule has 4 fully saturated rings. The van der Waals surface area contributed by atoms with Gasteiger partial charge in [-0.2, -0.15) is 0 Å². The number of amides is 1. The van der Waals surface area contributed by atoms with Crippen LogP contribution in [0.25, 0.3) is 0 Å². The molecule has 2 bridgehead atoms. The summed E-state index contributed by atoms with van der Waals surface area (Å²) < 4.78 is 0. The van der Waals surface area contributed by atoms with Crippen LogP contribution < -0.4 is 5.32 Å². The fraction of sp³-hybridized carbons (Fsp3) is 0.909. The fourth-order valence-electron chi connectivity index (χ4n) is 3.07. The minimum atomic E-state index is 0.149. The molecule has 0 aromatic rings. The van der Waals surface area contributed by atoms with Gasteiger partial charge in [0.2, 0.25) is 5.91 Å². The van der Waals surface area contributed by atoms with E-state index in [1.165, 1.54) is 25.7 Å². The molecule has 0 aromatic carbocycles. The van der Waals surface area contributed by atoms with Crippen LogP contribution >= 0.6 is 11.8 Å². The molecule has 1 atom stereocenters. The first-order chi connectivity index (χ1) is 7.34. The highest BCUT2D eigenvalue weighted by molar-refractivity contribution is 7.99. The number of carbonyl (C=O) groups excluding carboxylic acids is 1. The van der Waals surface area contributed by atoms with Crippen molar-refractivity contribution < 1.29 is 4.79 Å². The molecule has 0 spiro atoms. The Labute approximate surface area is 95.0 Å². The second-order valence-corrected chi connectivity index (χ2v) is 5.97. The van der Waals surface area contributed by atoms with Gasteiger partial charge in [-0.05, 0) is 31.6 Å². The molecular formula is C11H18N2OS. The van der Waals surface area contributed by atoms with Crippen LogP contribution in [0.15, 0.2) is 0 Å². The lowest BCUT2D eigenvalue weighted by Gasteiger charge is -2.43. The molecule has 4 heteroatoms. The predicted octanol–water partition coefficient (Wildman–Crippen LogP) is 1.05. The Morgan fingerprint density at radius 1 is 1.27 bits per heavy atom. The van der Waals surface area contributed by atoms with Gasteiger partial charge >= 0.3 is 0 Å². The van der Waals surface area contributed by atoms with E-state index in [-0.39, 0.29) is 6.04 Å². The number of fused-ring (bicyclic) bond motifs is 3. The average molecular weight is 226 g/mol. The van der Waals surface area contributed by atoms with Crippen molar-refractivity contribution >= 4 is 17.7 Å². The molecular weight excluding hydrogens is 208 g/mol. The summed E-state index contributed by atoms with van der Waals surface area (Å²) in [7, 11) is 0. The van der Waals surface area contributed by atoms with Gasteiger partial charge in [0.25, 0.3) is 0 Å². The molecule has 15 heavy (non-hydrogen) atoms. The summed E-state index contributed by atoms with van der Waals surface area (Å²) in [5, 5.41) is 3.53. The maximum Gasteiger partial charge on any atom is 0.240 e. The van der Waals surface area contributed by atoms with Gasteiger partial charge in [0.05, 0.1) is 11.9 Å². The number of hydrogen-bond acceptors (Lipinski definition) is 3. The first kappa shape index (κ1) is 9.97. The van der Waals surface area contributed by atoms with Gasteiger partial charge < -0.3 is 10.2 Å². The molecule has 0 aromatic heterocycles. The summed E-state index contributed by atoms with van der Waals surface area (Å²) in [6, 6.07) is 0.774. The van der Waals surface area contributed by atoms with Gasteiger partial charge in [-0.25, -0.2) is 0 Å². The minimum Gasteiger partial charge on any atom is -0.331 e. The molecule has 0 unspecified atom stereocenters. The quantitative estimate of drug-likeness (QED) is 0.725. The second kappa shape index (κ2) is 3.98. The Kier molecular flexibility index (Phi) is 2.64. The highest BCUT2D eigenvalue weighted by Gasteiger charge is 2.40. The summed E-state index contributed by atoms with van der Waals surface area (Å²) in [5.41, 5.74) is 0. The van der Waals surface area contributed by atoms with E-state index in [9.17, 15) is 4.79 Å². The van der Waals surface area contributed by atoms with E-state index in [1.807, 2.05) is 16.7 Å². The van der Waals surface area contributed by atoms with Crippen LogP contribution in [0.5, 0.6) is 0 Å². The van der Waals surface area contributed by atoms with Gasteiger partial charge in [-0.3, -0.25) is 4.79 Å². The number of piperidine rings is 2. The standard InChI is InChI=1S/C11H18N2OS/c14-11(13-5-6-15-7-13)10-8-1-3-9(12-10)4-2-8/h8-10,12H,1-7H2/t8?,9?,10-/m0/s1. The first-order valence-electron chi connectivity index (χ1n) is 5.97. The Balaban J connectivity index is 1.68. The highest BCUT2D eigenvalue weighted by atomic mass is 32.2. The first-order valence-corrected chi connectivity index (χ1v) is 7.12. The van der Waals surface area contributed by atoms with Crippen molar-refractivity contribution in [3.8, 4) is 0 Å². The summed E-state index contributed by atoms with van der Waals surface area (Å²) >= 11 is 1.87. The molecule has 1 saturated carbocycles. The lowest BCUT2D eigenvalue weighted by molar-refractivity contribution is -0.135. The monoisotopic (exact) mass is 226 g/mol. The molecule has 3 heterocycles. The van der Waals surface area contributed by atoms with Crippen LogP contribution in [0.3, 0.4) is 0 Å². The number of carbonyl (C=O) groups is 1. The van der Waals surface area contributed by atoms with Crippen molar-refractivity contribution in [3.63, 3.8) is 0 Å². The summed E-state index contributed by atoms with van der Waals surface area (Å²) in [4.78, 5) is 14.3. The van der Waals surface area contributed by atoms with Crippen molar-refractivity contribution in [2.24, 2.45) is 5.92 Å². The summed E-state index contributed by atoms with van der Waals surface area (Å²) in [5.74, 6) is 3.02. The molecule has 0 radical (unpaired) electrons. The van der Waals surface area contributed by atoms with Crippen LogP contribution in [0.1, 0.15) is 25.7 Å². The molecule has 4 rings (SSSR count). The average Bonchev–Trinajstić information content (AvgIpc) is 2.83. The minimum absolute atomic E-state index is 0.149. The van der Waals surface area contributed by atoms with Crippen LogP contribution in [0, 0.1) is 5.92 Å². The normalized spacial score (nSPS) is 39.7. The van der Waals surface area contributed by atoms with Gasteiger partial charge in [-0.15, -0.1) is 11.8 Å². The van der Waals surface area contributed by atoms with E-state index >= 15 is 0 Å². The number of nitrogens with zero attached hydrogens (tertiary/aromatic N) is 1. The topological polar surface area (TPSA) is 32.3 Å². The molecule has 84 valence electrons. The maximum absolute atomic E-state index is 12.2. The maximum atomic E-state index is 12.2. The summed E-state index contributed by atoms with van der Waals surface area (Å²) in [6.45, 7) is 0.957. The third-order valence-electron chi connectivity index (χ3n) is 3.99. The largest absolute Gasteiger partial charge is 0.331 e. The van der Waals surface area contributed by atoms with E-state index in [1.54, 1.807) is 0 Å². The molecule has 1 amide bonds. The van der Waals surface area contributed by atoms with E-state index < -0.39 is 0 Å².